The van der Waals surface area contributed by atoms with Gasteiger partial charge in [0.25, 0.3) is 0 Å². The summed E-state index contributed by atoms with van der Waals surface area (Å²) >= 11 is 3.63. The van der Waals surface area contributed by atoms with Crippen molar-refractivity contribution in [3.63, 3.8) is 0 Å². The van der Waals surface area contributed by atoms with Crippen molar-refractivity contribution in [2.45, 2.75) is 52.0 Å². The summed E-state index contributed by atoms with van der Waals surface area (Å²) in [4.78, 5) is 0. The summed E-state index contributed by atoms with van der Waals surface area (Å²) in [7, 11) is 1.71. The SMILES string of the molecule is COc1ccc(Br)c(CC(N)C2CCCCC2(C)C)c1. The Labute approximate surface area is 131 Å². The molecule has 20 heavy (non-hydrogen) atoms. The number of ether oxygens (including phenoxy) is 1. The van der Waals surface area contributed by atoms with Gasteiger partial charge in [0, 0.05) is 10.5 Å². The maximum Gasteiger partial charge on any atom is 0.119 e. The minimum absolute atomic E-state index is 0.216. The molecule has 0 aliphatic heterocycles. The lowest BCUT2D eigenvalue weighted by atomic mass is 9.65. The second kappa shape index (κ2) is 6.48. The second-order valence-electron chi connectivity index (χ2n) is 6.67. The van der Waals surface area contributed by atoms with Crippen LogP contribution in [-0.4, -0.2) is 13.2 Å². The van der Waals surface area contributed by atoms with Crippen LogP contribution in [0.5, 0.6) is 5.75 Å². The zero-order valence-electron chi connectivity index (χ0n) is 12.8. The van der Waals surface area contributed by atoms with Gasteiger partial charge in [-0.15, -0.1) is 0 Å². The topological polar surface area (TPSA) is 35.2 Å². The Morgan fingerprint density at radius 1 is 1.40 bits per heavy atom. The maximum absolute atomic E-state index is 6.55. The van der Waals surface area contributed by atoms with Crippen LogP contribution in [0.1, 0.15) is 45.1 Å². The van der Waals surface area contributed by atoms with Crippen LogP contribution in [0.25, 0.3) is 0 Å². The van der Waals surface area contributed by atoms with Crippen molar-refractivity contribution in [2.24, 2.45) is 17.1 Å². The van der Waals surface area contributed by atoms with Crippen LogP contribution < -0.4 is 10.5 Å². The number of hydrogen-bond donors (Lipinski definition) is 1. The van der Waals surface area contributed by atoms with Crippen molar-refractivity contribution in [2.75, 3.05) is 7.11 Å². The number of hydrogen-bond acceptors (Lipinski definition) is 2. The highest BCUT2D eigenvalue weighted by atomic mass is 79.9. The number of rotatable bonds is 4. The Hall–Kier alpha value is -0.540. The van der Waals surface area contributed by atoms with Crippen LogP contribution in [0.15, 0.2) is 22.7 Å². The molecule has 0 spiro atoms. The van der Waals surface area contributed by atoms with Gasteiger partial charge in [-0.25, -0.2) is 0 Å². The number of halogens is 1. The standard InChI is InChI=1S/C17H26BrNO/c1-17(2)9-5-4-6-14(17)16(19)11-12-10-13(20-3)7-8-15(12)18/h7-8,10,14,16H,4-6,9,11,19H2,1-3H3. The molecule has 0 radical (unpaired) electrons. The first kappa shape index (κ1) is 15.8. The van der Waals surface area contributed by atoms with Gasteiger partial charge in [-0.05, 0) is 54.4 Å². The molecule has 0 amide bonds. The molecular formula is C17H26BrNO. The van der Waals surface area contributed by atoms with E-state index in [0.29, 0.717) is 11.3 Å². The molecule has 1 aromatic rings. The van der Waals surface area contributed by atoms with Gasteiger partial charge in [0.05, 0.1) is 7.11 Å². The third-order valence-corrected chi connectivity index (χ3v) is 5.59. The molecule has 1 saturated carbocycles. The first-order valence-corrected chi connectivity index (χ1v) is 8.31. The summed E-state index contributed by atoms with van der Waals surface area (Å²) in [6.45, 7) is 4.74. The molecule has 1 fully saturated rings. The maximum atomic E-state index is 6.55. The summed E-state index contributed by atoms with van der Waals surface area (Å²) in [5.41, 5.74) is 8.17. The molecule has 0 heterocycles. The van der Waals surface area contributed by atoms with Crippen molar-refractivity contribution in [1.82, 2.24) is 0 Å². The van der Waals surface area contributed by atoms with Crippen molar-refractivity contribution in [3.8, 4) is 5.75 Å². The quantitative estimate of drug-likeness (QED) is 0.873. The molecule has 3 heteroatoms. The molecule has 1 aliphatic rings. The molecule has 2 atom stereocenters. The fraction of sp³-hybridized carbons (Fsp3) is 0.647. The van der Waals surface area contributed by atoms with Gasteiger partial charge in [-0.1, -0.05) is 42.6 Å². The van der Waals surface area contributed by atoms with Crippen molar-refractivity contribution >= 4 is 15.9 Å². The molecule has 2 unspecified atom stereocenters. The van der Waals surface area contributed by atoms with Gasteiger partial charge >= 0.3 is 0 Å². The van der Waals surface area contributed by atoms with Crippen molar-refractivity contribution < 1.29 is 4.74 Å². The largest absolute Gasteiger partial charge is 0.497 e. The lowest BCUT2D eigenvalue weighted by molar-refractivity contribution is 0.112. The Morgan fingerprint density at radius 2 is 2.15 bits per heavy atom. The summed E-state index contributed by atoms with van der Waals surface area (Å²) < 4.78 is 6.44. The Balaban J connectivity index is 2.12. The summed E-state index contributed by atoms with van der Waals surface area (Å²) in [5.74, 6) is 1.51. The minimum Gasteiger partial charge on any atom is -0.497 e. The first-order valence-electron chi connectivity index (χ1n) is 7.52. The van der Waals surface area contributed by atoms with Crippen LogP contribution in [0.3, 0.4) is 0 Å². The molecule has 2 rings (SSSR count). The zero-order valence-corrected chi connectivity index (χ0v) is 14.4. The molecule has 0 saturated heterocycles. The van der Waals surface area contributed by atoms with Gasteiger partial charge in [-0.3, -0.25) is 0 Å². The van der Waals surface area contributed by atoms with E-state index in [9.17, 15) is 0 Å². The van der Waals surface area contributed by atoms with Gasteiger partial charge in [0.2, 0.25) is 0 Å². The van der Waals surface area contributed by atoms with E-state index in [2.05, 4.69) is 35.8 Å². The van der Waals surface area contributed by atoms with E-state index >= 15 is 0 Å². The molecule has 1 aliphatic carbocycles. The monoisotopic (exact) mass is 339 g/mol. The zero-order chi connectivity index (χ0) is 14.8. The highest BCUT2D eigenvalue weighted by Gasteiger charge is 2.36. The second-order valence-corrected chi connectivity index (χ2v) is 7.52. The predicted molar refractivity (Wildman–Crippen MR) is 88.1 cm³/mol. The highest BCUT2D eigenvalue weighted by molar-refractivity contribution is 9.10. The van der Waals surface area contributed by atoms with E-state index in [1.165, 1.54) is 31.2 Å². The van der Waals surface area contributed by atoms with E-state index in [-0.39, 0.29) is 6.04 Å². The third kappa shape index (κ3) is 3.56. The molecule has 112 valence electrons. The highest BCUT2D eigenvalue weighted by Crippen LogP contribution is 2.42. The van der Waals surface area contributed by atoms with E-state index in [1.54, 1.807) is 7.11 Å². The van der Waals surface area contributed by atoms with Crippen LogP contribution in [0.4, 0.5) is 0 Å². The fourth-order valence-electron chi connectivity index (χ4n) is 3.55. The Morgan fingerprint density at radius 3 is 2.80 bits per heavy atom. The summed E-state index contributed by atoms with van der Waals surface area (Å²) in [6.07, 6.45) is 6.13. The van der Waals surface area contributed by atoms with E-state index in [4.69, 9.17) is 10.5 Å². The molecule has 0 aromatic heterocycles. The first-order chi connectivity index (χ1) is 9.44. The average molecular weight is 340 g/mol. The molecule has 0 bridgehead atoms. The molecule has 2 N–H and O–H groups in total. The lowest BCUT2D eigenvalue weighted by Crippen LogP contribution is -2.43. The fourth-order valence-corrected chi connectivity index (χ4v) is 3.95. The smallest absolute Gasteiger partial charge is 0.119 e. The molecular weight excluding hydrogens is 314 g/mol. The lowest BCUT2D eigenvalue weighted by Gasteiger charge is -2.42. The van der Waals surface area contributed by atoms with Gasteiger partial charge in [0.1, 0.15) is 5.75 Å². The molecule has 1 aromatic carbocycles. The Kier molecular flexibility index (Phi) is 5.14. The van der Waals surface area contributed by atoms with Crippen LogP contribution >= 0.6 is 15.9 Å². The van der Waals surface area contributed by atoms with Crippen LogP contribution in [0.2, 0.25) is 0 Å². The van der Waals surface area contributed by atoms with E-state index in [0.717, 1.165) is 16.6 Å². The van der Waals surface area contributed by atoms with Crippen molar-refractivity contribution in [1.29, 1.82) is 0 Å². The minimum atomic E-state index is 0.216. The van der Waals surface area contributed by atoms with Crippen LogP contribution in [0, 0.1) is 11.3 Å². The number of methoxy groups -OCH3 is 1. The van der Waals surface area contributed by atoms with Gasteiger partial charge in [0.15, 0.2) is 0 Å². The Bertz CT molecular complexity index is 458. The number of benzene rings is 1. The normalized spacial score (nSPS) is 23.4. The predicted octanol–water partition coefficient (Wildman–Crippen LogP) is 4.54. The van der Waals surface area contributed by atoms with E-state index in [1.807, 2.05) is 12.1 Å². The average Bonchev–Trinajstić information content (AvgIpc) is 2.40. The third-order valence-electron chi connectivity index (χ3n) is 4.82. The molecule has 2 nitrogen and oxygen atoms in total. The van der Waals surface area contributed by atoms with Crippen LogP contribution in [-0.2, 0) is 6.42 Å². The summed E-state index contributed by atoms with van der Waals surface area (Å²) in [6, 6.07) is 6.34. The van der Waals surface area contributed by atoms with Gasteiger partial charge in [-0.2, -0.15) is 0 Å². The number of nitrogens with two attached hydrogens (primary N) is 1. The van der Waals surface area contributed by atoms with Crippen molar-refractivity contribution in [3.05, 3.63) is 28.2 Å². The van der Waals surface area contributed by atoms with E-state index < -0.39 is 0 Å². The summed E-state index contributed by atoms with van der Waals surface area (Å²) in [5, 5.41) is 0. The van der Waals surface area contributed by atoms with Gasteiger partial charge < -0.3 is 10.5 Å².